The van der Waals surface area contributed by atoms with E-state index in [4.69, 9.17) is 16.3 Å². The topological polar surface area (TPSA) is 9.23 Å². The van der Waals surface area contributed by atoms with Gasteiger partial charge in [0, 0.05) is 5.56 Å². The van der Waals surface area contributed by atoms with Crippen LogP contribution in [0, 0.1) is 18.3 Å². The number of ether oxygens (including phenoxy) is 1. The van der Waals surface area contributed by atoms with E-state index >= 15 is 0 Å². The van der Waals surface area contributed by atoms with Crippen LogP contribution in [-0.2, 0) is 0 Å². The zero-order valence-corrected chi connectivity index (χ0v) is 11.8. The van der Waals surface area contributed by atoms with E-state index in [0.717, 1.165) is 11.3 Å². The van der Waals surface area contributed by atoms with Crippen LogP contribution in [0.2, 0.25) is 0 Å². The Labute approximate surface area is 109 Å². The maximum absolute atomic E-state index is 6.62. The second-order valence-corrected chi connectivity index (χ2v) is 6.15. The van der Waals surface area contributed by atoms with Crippen LogP contribution in [0.3, 0.4) is 0 Å². The average Bonchev–Trinajstić information content (AvgIpc) is 2.90. The molecular formula is C15H21ClO. The van der Waals surface area contributed by atoms with E-state index in [9.17, 15) is 0 Å². The molecule has 0 N–H and O–H groups in total. The molecule has 0 amide bonds. The normalized spacial score (nSPS) is 23.2. The SMILES string of the molecule is CCOc1ccc(C)cc1C(Cl)C1CC1(C)C. The lowest BCUT2D eigenvalue weighted by molar-refractivity contribution is 0.334. The fourth-order valence-electron chi connectivity index (χ4n) is 2.39. The minimum atomic E-state index is 0.0754. The first-order valence-corrected chi connectivity index (χ1v) is 6.77. The third-order valence-electron chi connectivity index (χ3n) is 3.71. The Hall–Kier alpha value is -0.690. The van der Waals surface area contributed by atoms with Gasteiger partial charge in [0.1, 0.15) is 5.75 Å². The van der Waals surface area contributed by atoms with Crippen molar-refractivity contribution in [3.05, 3.63) is 29.3 Å². The van der Waals surface area contributed by atoms with Crippen molar-refractivity contribution < 1.29 is 4.74 Å². The third-order valence-corrected chi connectivity index (χ3v) is 4.24. The molecule has 2 atom stereocenters. The molecule has 1 saturated carbocycles. The zero-order valence-electron chi connectivity index (χ0n) is 11.1. The number of halogens is 1. The lowest BCUT2D eigenvalue weighted by Gasteiger charge is -2.17. The Bertz CT molecular complexity index is 411. The van der Waals surface area contributed by atoms with Crippen molar-refractivity contribution in [2.45, 2.75) is 39.5 Å². The Morgan fingerprint density at radius 1 is 1.47 bits per heavy atom. The molecule has 0 radical (unpaired) electrons. The Morgan fingerprint density at radius 2 is 2.12 bits per heavy atom. The molecule has 2 unspecified atom stereocenters. The molecule has 1 aromatic rings. The number of benzene rings is 1. The van der Waals surface area contributed by atoms with Gasteiger partial charge in [0.2, 0.25) is 0 Å². The summed E-state index contributed by atoms with van der Waals surface area (Å²) in [7, 11) is 0. The number of hydrogen-bond donors (Lipinski definition) is 0. The van der Waals surface area contributed by atoms with Gasteiger partial charge in [0.15, 0.2) is 0 Å². The van der Waals surface area contributed by atoms with E-state index in [2.05, 4.69) is 32.9 Å². The molecule has 2 rings (SSSR count). The molecule has 1 aliphatic carbocycles. The Balaban J connectivity index is 2.26. The predicted molar refractivity (Wildman–Crippen MR) is 72.8 cm³/mol. The summed E-state index contributed by atoms with van der Waals surface area (Å²) in [5, 5.41) is 0.0754. The number of alkyl halides is 1. The smallest absolute Gasteiger partial charge is 0.123 e. The maximum Gasteiger partial charge on any atom is 0.123 e. The Morgan fingerprint density at radius 3 is 2.65 bits per heavy atom. The molecule has 1 aliphatic rings. The Kier molecular flexibility index (Phi) is 3.40. The van der Waals surface area contributed by atoms with E-state index in [-0.39, 0.29) is 5.38 Å². The van der Waals surface area contributed by atoms with E-state index in [1.54, 1.807) is 0 Å². The van der Waals surface area contributed by atoms with Gasteiger partial charge in [-0.3, -0.25) is 0 Å². The molecule has 0 aromatic heterocycles. The fraction of sp³-hybridized carbons (Fsp3) is 0.600. The summed E-state index contributed by atoms with van der Waals surface area (Å²) in [6.45, 7) is 9.36. The van der Waals surface area contributed by atoms with Gasteiger partial charge in [-0.15, -0.1) is 11.6 Å². The van der Waals surface area contributed by atoms with E-state index in [0.29, 0.717) is 17.9 Å². The summed E-state index contributed by atoms with van der Waals surface area (Å²) in [5.74, 6) is 1.52. The standard InChI is InChI=1S/C15H21ClO/c1-5-17-13-7-6-10(2)8-11(13)14(16)12-9-15(12,3)4/h6-8,12,14H,5,9H2,1-4H3. The summed E-state index contributed by atoms with van der Waals surface area (Å²) in [6.07, 6.45) is 1.21. The largest absolute Gasteiger partial charge is 0.494 e. The molecule has 0 saturated heterocycles. The van der Waals surface area contributed by atoms with Gasteiger partial charge in [-0.25, -0.2) is 0 Å². The summed E-state index contributed by atoms with van der Waals surface area (Å²) >= 11 is 6.62. The minimum absolute atomic E-state index is 0.0754. The molecular weight excluding hydrogens is 232 g/mol. The molecule has 0 bridgehead atoms. The molecule has 0 aliphatic heterocycles. The minimum Gasteiger partial charge on any atom is -0.494 e. The van der Waals surface area contributed by atoms with Crippen molar-refractivity contribution in [3.63, 3.8) is 0 Å². The number of aryl methyl sites for hydroxylation is 1. The van der Waals surface area contributed by atoms with Crippen LogP contribution in [0.1, 0.15) is 43.7 Å². The van der Waals surface area contributed by atoms with E-state index < -0.39 is 0 Å². The van der Waals surface area contributed by atoms with Gasteiger partial charge >= 0.3 is 0 Å². The van der Waals surface area contributed by atoms with Gasteiger partial charge in [-0.1, -0.05) is 31.5 Å². The molecule has 1 aromatic carbocycles. The fourth-order valence-corrected chi connectivity index (χ4v) is 3.00. The summed E-state index contributed by atoms with van der Waals surface area (Å²) in [6, 6.07) is 6.28. The van der Waals surface area contributed by atoms with Gasteiger partial charge < -0.3 is 4.74 Å². The van der Waals surface area contributed by atoms with Crippen molar-refractivity contribution in [2.24, 2.45) is 11.3 Å². The molecule has 1 nitrogen and oxygen atoms in total. The van der Waals surface area contributed by atoms with Crippen LogP contribution in [0.15, 0.2) is 18.2 Å². The van der Waals surface area contributed by atoms with Crippen LogP contribution < -0.4 is 4.74 Å². The summed E-state index contributed by atoms with van der Waals surface area (Å²) in [4.78, 5) is 0. The maximum atomic E-state index is 6.62. The lowest BCUT2D eigenvalue weighted by Crippen LogP contribution is -2.03. The monoisotopic (exact) mass is 252 g/mol. The van der Waals surface area contributed by atoms with Crippen molar-refractivity contribution >= 4 is 11.6 Å². The molecule has 2 heteroatoms. The van der Waals surface area contributed by atoms with Crippen molar-refractivity contribution in [2.75, 3.05) is 6.61 Å². The second kappa shape index (κ2) is 4.53. The number of hydrogen-bond acceptors (Lipinski definition) is 1. The first-order valence-electron chi connectivity index (χ1n) is 6.33. The first kappa shape index (κ1) is 12.8. The molecule has 0 spiro atoms. The van der Waals surface area contributed by atoms with Crippen LogP contribution in [-0.4, -0.2) is 6.61 Å². The molecule has 94 valence electrons. The van der Waals surface area contributed by atoms with E-state index in [1.165, 1.54) is 12.0 Å². The first-order chi connectivity index (χ1) is 7.95. The highest BCUT2D eigenvalue weighted by molar-refractivity contribution is 6.21. The van der Waals surface area contributed by atoms with Crippen LogP contribution >= 0.6 is 11.6 Å². The average molecular weight is 253 g/mol. The summed E-state index contributed by atoms with van der Waals surface area (Å²) < 4.78 is 5.67. The van der Waals surface area contributed by atoms with Crippen LogP contribution in [0.25, 0.3) is 0 Å². The highest BCUT2D eigenvalue weighted by Crippen LogP contribution is 2.60. The second-order valence-electron chi connectivity index (χ2n) is 5.68. The summed E-state index contributed by atoms with van der Waals surface area (Å²) in [5.41, 5.74) is 2.79. The van der Waals surface area contributed by atoms with E-state index in [1.807, 2.05) is 13.0 Å². The van der Waals surface area contributed by atoms with Gasteiger partial charge in [0.05, 0.1) is 12.0 Å². The van der Waals surface area contributed by atoms with Crippen LogP contribution in [0.5, 0.6) is 5.75 Å². The van der Waals surface area contributed by atoms with Crippen LogP contribution in [0.4, 0.5) is 0 Å². The van der Waals surface area contributed by atoms with Gasteiger partial charge in [0.25, 0.3) is 0 Å². The predicted octanol–water partition coefficient (Wildman–Crippen LogP) is 4.72. The quantitative estimate of drug-likeness (QED) is 0.705. The van der Waals surface area contributed by atoms with Crippen molar-refractivity contribution in [1.29, 1.82) is 0 Å². The highest BCUT2D eigenvalue weighted by Gasteiger charge is 2.50. The van der Waals surface area contributed by atoms with Gasteiger partial charge in [-0.2, -0.15) is 0 Å². The lowest BCUT2D eigenvalue weighted by atomic mass is 10.00. The molecule has 17 heavy (non-hydrogen) atoms. The third kappa shape index (κ3) is 2.60. The van der Waals surface area contributed by atoms with Gasteiger partial charge in [-0.05, 0) is 37.7 Å². The number of rotatable bonds is 4. The van der Waals surface area contributed by atoms with Crippen molar-refractivity contribution in [1.82, 2.24) is 0 Å². The zero-order chi connectivity index (χ0) is 12.6. The highest BCUT2D eigenvalue weighted by atomic mass is 35.5. The van der Waals surface area contributed by atoms with Crippen molar-refractivity contribution in [3.8, 4) is 5.75 Å². The molecule has 1 fully saturated rings. The molecule has 0 heterocycles.